The third-order valence-electron chi connectivity index (χ3n) is 3.07. The third kappa shape index (κ3) is 5.36. The molecule has 0 fully saturated rings. The zero-order valence-corrected chi connectivity index (χ0v) is 13.3. The Hall–Kier alpha value is -2.09. The number of amides is 2. The van der Waals surface area contributed by atoms with E-state index in [-0.39, 0.29) is 23.7 Å². The molecule has 0 aliphatic heterocycles. The van der Waals surface area contributed by atoms with Crippen LogP contribution in [0.3, 0.4) is 0 Å². The van der Waals surface area contributed by atoms with Crippen molar-refractivity contribution in [3.8, 4) is 0 Å². The molecule has 0 saturated carbocycles. The molecule has 0 bridgehead atoms. The van der Waals surface area contributed by atoms with Crippen LogP contribution in [0.15, 0.2) is 35.2 Å². The highest BCUT2D eigenvalue weighted by molar-refractivity contribution is 7.91. The highest BCUT2D eigenvalue weighted by Gasteiger charge is 2.18. The molecule has 1 aromatic rings. The van der Waals surface area contributed by atoms with Gasteiger partial charge in [-0.3, -0.25) is 4.79 Å². The van der Waals surface area contributed by atoms with Crippen LogP contribution in [0.2, 0.25) is 0 Å². The molecule has 0 saturated heterocycles. The van der Waals surface area contributed by atoms with E-state index in [0.717, 1.165) is 0 Å². The monoisotopic (exact) mass is 328 g/mol. The first-order valence-electron chi connectivity index (χ1n) is 6.73. The Balaban J connectivity index is 2.47. The Bertz CT molecular complexity index is 615. The van der Waals surface area contributed by atoms with Crippen molar-refractivity contribution in [1.82, 2.24) is 10.2 Å². The Kier molecular flexibility index (Phi) is 6.36. The standard InChI is InChI=1S/C14H20N2O5S/c1-11(13(17)18)10-16(2)14(19)15-8-9-22(20,21)12-6-4-3-5-7-12/h3-7,11H,8-10H2,1-2H3,(H,15,19)(H,17,18). The first kappa shape index (κ1) is 18.0. The number of carbonyl (C=O) groups is 2. The average Bonchev–Trinajstić information content (AvgIpc) is 2.47. The minimum atomic E-state index is -3.45. The van der Waals surface area contributed by atoms with Crippen molar-refractivity contribution in [1.29, 1.82) is 0 Å². The van der Waals surface area contributed by atoms with Crippen LogP contribution < -0.4 is 5.32 Å². The molecule has 0 radical (unpaired) electrons. The molecule has 1 atom stereocenters. The molecule has 2 N–H and O–H groups in total. The van der Waals surface area contributed by atoms with Crippen LogP contribution in [-0.4, -0.2) is 56.3 Å². The van der Waals surface area contributed by atoms with Gasteiger partial charge in [-0.2, -0.15) is 0 Å². The molecular weight excluding hydrogens is 308 g/mol. The van der Waals surface area contributed by atoms with E-state index >= 15 is 0 Å². The minimum absolute atomic E-state index is 0.0398. The van der Waals surface area contributed by atoms with Crippen molar-refractivity contribution in [3.63, 3.8) is 0 Å². The SMILES string of the molecule is CC(CN(C)C(=O)NCCS(=O)(=O)c1ccccc1)C(=O)O. The molecule has 0 heterocycles. The summed E-state index contributed by atoms with van der Waals surface area (Å²) in [5.41, 5.74) is 0. The first-order chi connectivity index (χ1) is 10.2. The summed E-state index contributed by atoms with van der Waals surface area (Å²) in [5.74, 6) is -1.90. The summed E-state index contributed by atoms with van der Waals surface area (Å²) in [5, 5.41) is 11.3. The van der Waals surface area contributed by atoms with Gasteiger partial charge in [-0.25, -0.2) is 13.2 Å². The number of rotatable bonds is 7. The van der Waals surface area contributed by atoms with E-state index in [1.165, 1.54) is 31.0 Å². The number of aliphatic carboxylic acids is 1. The van der Waals surface area contributed by atoms with E-state index in [1.807, 2.05) is 0 Å². The van der Waals surface area contributed by atoms with Crippen LogP contribution in [-0.2, 0) is 14.6 Å². The number of carbonyl (C=O) groups excluding carboxylic acids is 1. The topological polar surface area (TPSA) is 104 Å². The van der Waals surface area contributed by atoms with Crippen LogP contribution >= 0.6 is 0 Å². The quantitative estimate of drug-likeness (QED) is 0.771. The molecule has 1 rings (SSSR count). The second kappa shape index (κ2) is 7.79. The van der Waals surface area contributed by atoms with Crippen LogP contribution in [0, 0.1) is 5.92 Å². The molecule has 0 aliphatic rings. The van der Waals surface area contributed by atoms with E-state index in [0.29, 0.717) is 0 Å². The fourth-order valence-corrected chi connectivity index (χ4v) is 2.92. The molecular formula is C14H20N2O5S. The minimum Gasteiger partial charge on any atom is -0.481 e. The maximum Gasteiger partial charge on any atom is 0.317 e. The van der Waals surface area contributed by atoms with E-state index in [4.69, 9.17) is 5.11 Å². The fraction of sp³-hybridized carbons (Fsp3) is 0.429. The molecule has 7 nitrogen and oxygen atoms in total. The Morgan fingerprint density at radius 1 is 1.27 bits per heavy atom. The zero-order chi connectivity index (χ0) is 16.8. The predicted octanol–water partition coefficient (Wildman–Crippen LogP) is 0.822. The van der Waals surface area contributed by atoms with Gasteiger partial charge in [0.25, 0.3) is 0 Å². The van der Waals surface area contributed by atoms with Gasteiger partial charge in [-0.1, -0.05) is 25.1 Å². The molecule has 0 spiro atoms. The lowest BCUT2D eigenvalue weighted by Crippen LogP contribution is -2.42. The number of carboxylic acid groups (broad SMARTS) is 1. The van der Waals surface area contributed by atoms with Crippen molar-refractivity contribution >= 4 is 21.8 Å². The van der Waals surface area contributed by atoms with Crippen molar-refractivity contribution in [2.45, 2.75) is 11.8 Å². The maximum atomic E-state index is 12.0. The number of sulfone groups is 1. The summed E-state index contributed by atoms with van der Waals surface area (Å²) in [7, 11) is -1.99. The lowest BCUT2D eigenvalue weighted by molar-refractivity contribution is -0.141. The van der Waals surface area contributed by atoms with Gasteiger partial charge in [0.05, 0.1) is 16.6 Å². The van der Waals surface area contributed by atoms with E-state index in [2.05, 4.69) is 5.32 Å². The number of urea groups is 1. The smallest absolute Gasteiger partial charge is 0.317 e. The number of hydrogen-bond acceptors (Lipinski definition) is 4. The van der Waals surface area contributed by atoms with Gasteiger partial charge >= 0.3 is 12.0 Å². The van der Waals surface area contributed by atoms with Crippen molar-refractivity contribution < 1.29 is 23.1 Å². The number of carboxylic acids is 1. The number of benzene rings is 1. The normalized spacial score (nSPS) is 12.5. The lowest BCUT2D eigenvalue weighted by Gasteiger charge is -2.19. The summed E-state index contributed by atoms with van der Waals surface area (Å²) >= 11 is 0. The largest absolute Gasteiger partial charge is 0.481 e. The van der Waals surface area contributed by atoms with E-state index in [9.17, 15) is 18.0 Å². The summed E-state index contributed by atoms with van der Waals surface area (Å²) < 4.78 is 24.0. The summed E-state index contributed by atoms with van der Waals surface area (Å²) in [6.45, 7) is 1.50. The lowest BCUT2D eigenvalue weighted by atomic mass is 10.2. The highest BCUT2D eigenvalue weighted by Crippen LogP contribution is 2.09. The van der Waals surface area contributed by atoms with E-state index < -0.39 is 27.8 Å². The fourth-order valence-electron chi connectivity index (χ4n) is 1.74. The Labute approximate surface area is 129 Å². The zero-order valence-electron chi connectivity index (χ0n) is 12.5. The molecule has 8 heteroatoms. The van der Waals surface area contributed by atoms with Gasteiger partial charge in [0, 0.05) is 20.1 Å². The number of nitrogens with zero attached hydrogens (tertiary/aromatic N) is 1. The molecule has 1 unspecified atom stereocenters. The molecule has 0 aromatic heterocycles. The van der Waals surface area contributed by atoms with Gasteiger partial charge < -0.3 is 15.3 Å². The molecule has 1 aromatic carbocycles. The predicted molar refractivity (Wildman–Crippen MR) is 81.3 cm³/mol. The summed E-state index contributed by atoms with van der Waals surface area (Å²) in [6, 6.07) is 7.48. The van der Waals surface area contributed by atoms with Crippen LogP contribution in [0.4, 0.5) is 4.79 Å². The Morgan fingerprint density at radius 3 is 2.41 bits per heavy atom. The number of nitrogens with one attached hydrogen (secondary N) is 1. The third-order valence-corrected chi connectivity index (χ3v) is 4.80. The van der Waals surface area contributed by atoms with Gasteiger partial charge in [0.2, 0.25) is 0 Å². The van der Waals surface area contributed by atoms with Crippen molar-refractivity contribution in [2.75, 3.05) is 25.9 Å². The molecule has 122 valence electrons. The van der Waals surface area contributed by atoms with Crippen molar-refractivity contribution in [3.05, 3.63) is 30.3 Å². The van der Waals surface area contributed by atoms with Crippen LogP contribution in [0.5, 0.6) is 0 Å². The van der Waals surface area contributed by atoms with Gasteiger partial charge in [-0.05, 0) is 12.1 Å². The van der Waals surface area contributed by atoms with Gasteiger partial charge in [0.1, 0.15) is 0 Å². The van der Waals surface area contributed by atoms with E-state index in [1.54, 1.807) is 18.2 Å². The molecule has 0 aliphatic carbocycles. The molecule has 2 amide bonds. The molecule has 22 heavy (non-hydrogen) atoms. The van der Waals surface area contributed by atoms with Gasteiger partial charge in [-0.15, -0.1) is 0 Å². The van der Waals surface area contributed by atoms with Crippen LogP contribution in [0.25, 0.3) is 0 Å². The second-order valence-corrected chi connectivity index (χ2v) is 7.09. The average molecular weight is 328 g/mol. The summed E-state index contributed by atoms with van der Waals surface area (Å²) in [6.07, 6.45) is 0. The Morgan fingerprint density at radius 2 is 1.86 bits per heavy atom. The highest BCUT2D eigenvalue weighted by atomic mass is 32.2. The van der Waals surface area contributed by atoms with Crippen molar-refractivity contribution in [2.24, 2.45) is 5.92 Å². The van der Waals surface area contributed by atoms with Crippen LogP contribution in [0.1, 0.15) is 6.92 Å². The second-order valence-electron chi connectivity index (χ2n) is 4.98. The number of hydrogen-bond donors (Lipinski definition) is 2. The van der Waals surface area contributed by atoms with Gasteiger partial charge in [0.15, 0.2) is 9.84 Å². The summed E-state index contributed by atoms with van der Waals surface area (Å²) in [4.78, 5) is 23.9. The maximum absolute atomic E-state index is 12.0. The first-order valence-corrected chi connectivity index (χ1v) is 8.39.